The molecule has 0 radical (unpaired) electrons. The van der Waals surface area contributed by atoms with E-state index in [-0.39, 0.29) is 11.8 Å². The minimum Gasteiger partial charge on any atom is -0.340 e. The number of benzene rings is 2. The third kappa shape index (κ3) is 4.71. The molecule has 3 aromatic rings. The molecule has 2 aromatic carbocycles. The SMILES string of the molecule is O=C(C1CCN(S(=O)(=O)c2cccs2)CC1)N1CCN(Cc2cccc3ccccc23)CC1. The molecule has 6 nitrogen and oxygen atoms in total. The highest BCUT2D eigenvalue weighted by Gasteiger charge is 2.35. The Balaban J connectivity index is 1.14. The molecule has 0 bridgehead atoms. The summed E-state index contributed by atoms with van der Waals surface area (Å²) < 4.78 is 27.4. The van der Waals surface area contributed by atoms with Crippen LogP contribution < -0.4 is 0 Å². The number of carbonyl (C=O) groups is 1. The molecule has 33 heavy (non-hydrogen) atoms. The van der Waals surface area contributed by atoms with Crippen molar-refractivity contribution in [1.82, 2.24) is 14.1 Å². The molecule has 174 valence electrons. The van der Waals surface area contributed by atoms with Gasteiger partial charge in [0.25, 0.3) is 10.0 Å². The molecule has 2 aliphatic heterocycles. The maximum atomic E-state index is 13.1. The fourth-order valence-electron chi connectivity index (χ4n) is 4.94. The summed E-state index contributed by atoms with van der Waals surface area (Å²) in [6.45, 7) is 4.91. The number of fused-ring (bicyclic) bond motifs is 1. The van der Waals surface area contributed by atoms with Crippen molar-refractivity contribution in [3.63, 3.8) is 0 Å². The van der Waals surface area contributed by atoms with Crippen molar-refractivity contribution in [2.45, 2.75) is 23.6 Å². The molecule has 0 saturated carbocycles. The van der Waals surface area contributed by atoms with Crippen LogP contribution in [0.3, 0.4) is 0 Å². The maximum absolute atomic E-state index is 13.1. The van der Waals surface area contributed by atoms with Crippen molar-refractivity contribution in [2.75, 3.05) is 39.3 Å². The lowest BCUT2D eigenvalue weighted by atomic mass is 9.96. The van der Waals surface area contributed by atoms with Crippen LogP contribution in [0.2, 0.25) is 0 Å². The smallest absolute Gasteiger partial charge is 0.252 e. The van der Waals surface area contributed by atoms with Crippen molar-refractivity contribution < 1.29 is 13.2 Å². The van der Waals surface area contributed by atoms with Gasteiger partial charge in [-0.05, 0) is 40.6 Å². The third-order valence-electron chi connectivity index (χ3n) is 6.85. The van der Waals surface area contributed by atoms with E-state index < -0.39 is 10.0 Å². The van der Waals surface area contributed by atoms with Gasteiger partial charge in [0.2, 0.25) is 5.91 Å². The summed E-state index contributed by atoms with van der Waals surface area (Å²) in [6.07, 6.45) is 1.19. The van der Waals surface area contributed by atoms with Crippen molar-refractivity contribution >= 4 is 38.0 Å². The van der Waals surface area contributed by atoms with Crippen LogP contribution in [0.5, 0.6) is 0 Å². The molecule has 0 unspecified atom stereocenters. The van der Waals surface area contributed by atoms with E-state index >= 15 is 0 Å². The second kappa shape index (κ2) is 9.54. The summed E-state index contributed by atoms with van der Waals surface area (Å²) in [5.41, 5.74) is 1.33. The van der Waals surface area contributed by atoms with E-state index in [4.69, 9.17) is 0 Å². The van der Waals surface area contributed by atoms with Crippen LogP contribution in [0.1, 0.15) is 18.4 Å². The van der Waals surface area contributed by atoms with Gasteiger partial charge >= 0.3 is 0 Å². The van der Waals surface area contributed by atoms with Crippen LogP contribution in [0, 0.1) is 5.92 Å². The molecule has 8 heteroatoms. The molecule has 2 aliphatic rings. The Labute approximate surface area is 199 Å². The number of carbonyl (C=O) groups excluding carboxylic acids is 1. The fourth-order valence-corrected chi connectivity index (χ4v) is 7.55. The van der Waals surface area contributed by atoms with E-state index in [0.29, 0.717) is 30.1 Å². The lowest BCUT2D eigenvalue weighted by Crippen LogP contribution is -2.51. The summed E-state index contributed by atoms with van der Waals surface area (Å²) in [7, 11) is -3.43. The second-order valence-corrected chi connectivity index (χ2v) is 12.0. The standard InChI is InChI=1S/C25H29N3O3S2/c29-25(21-10-12-28(13-11-21)33(30,31)24-9-4-18-32-24)27-16-14-26(15-17-27)19-22-7-3-6-20-5-1-2-8-23(20)22/h1-9,18,21H,10-17,19H2. The van der Waals surface area contributed by atoms with Gasteiger partial charge < -0.3 is 4.90 Å². The van der Waals surface area contributed by atoms with Gasteiger partial charge in [0.05, 0.1) is 0 Å². The molecular weight excluding hydrogens is 454 g/mol. The fraction of sp³-hybridized carbons (Fsp3) is 0.400. The van der Waals surface area contributed by atoms with E-state index in [1.54, 1.807) is 17.5 Å². The van der Waals surface area contributed by atoms with Crippen molar-refractivity contribution in [2.24, 2.45) is 5.92 Å². The highest BCUT2D eigenvalue weighted by molar-refractivity contribution is 7.91. The predicted octanol–water partition coefficient (Wildman–Crippen LogP) is 3.65. The zero-order valence-corrected chi connectivity index (χ0v) is 20.2. The number of hydrogen-bond acceptors (Lipinski definition) is 5. The van der Waals surface area contributed by atoms with Crippen molar-refractivity contribution in [3.05, 3.63) is 65.5 Å². The van der Waals surface area contributed by atoms with Crippen LogP contribution in [-0.2, 0) is 21.4 Å². The number of thiophene rings is 1. The monoisotopic (exact) mass is 483 g/mol. The Morgan fingerprint density at radius 3 is 2.33 bits per heavy atom. The molecule has 1 amide bonds. The Hall–Kier alpha value is -2.26. The van der Waals surface area contributed by atoms with E-state index in [1.807, 2.05) is 4.90 Å². The Bertz CT molecular complexity index is 1210. The summed E-state index contributed by atoms with van der Waals surface area (Å²) in [5.74, 6) is 0.109. The zero-order valence-electron chi connectivity index (χ0n) is 18.6. The molecule has 2 fully saturated rings. The first-order chi connectivity index (χ1) is 16.0. The minimum absolute atomic E-state index is 0.0793. The van der Waals surface area contributed by atoms with Crippen LogP contribution in [0.15, 0.2) is 64.2 Å². The summed E-state index contributed by atoms with van der Waals surface area (Å²) in [5, 5.41) is 4.34. The first-order valence-corrected chi connectivity index (χ1v) is 13.9. The predicted molar refractivity (Wildman–Crippen MR) is 132 cm³/mol. The van der Waals surface area contributed by atoms with Crippen LogP contribution >= 0.6 is 11.3 Å². The average Bonchev–Trinajstić information content (AvgIpc) is 3.41. The maximum Gasteiger partial charge on any atom is 0.252 e. The summed E-state index contributed by atoms with van der Waals surface area (Å²) in [4.78, 5) is 17.5. The number of piperidine rings is 1. The molecular formula is C25H29N3O3S2. The molecule has 5 rings (SSSR count). The van der Waals surface area contributed by atoms with Gasteiger partial charge in [-0.25, -0.2) is 8.42 Å². The Morgan fingerprint density at radius 2 is 1.61 bits per heavy atom. The number of piperazine rings is 1. The second-order valence-electron chi connectivity index (χ2n) is 8.85. The minimum atomic E-state index is -3.43. The molecule has 0 N–H and O–H groups in total. The van der Waals surface area contributed by atoms with E-state index in [9.17, 15) is 13.2 Å². The van der Waals surface area contributed by atoms with E-state index in [0.717, 1.165) is 32.7 Å². The van der Waals surface area contributed by atoms with Crippen molar-refractivity contribution in [3.8, 4) is 0 Å². The summed E-state index contributed by atoms with van der Waals surface area (Å²) in [6, 6.07) is 18.3. The summed E-state index contributed by atoms with van der Waals surface area (Å²) >= 11 is 1.24. The van der Waals surface area contributed by atoms with Gasteiger partial charge in [0.15, 0.2) is 0 Å². The molecule has 0 atom stereocenters. The van der Waals surface area contributed by atoms with Crippen LogP contribution in [-0.4, -0.2) is 67.7 Å². The van der Waals surface area contributed by atoms with Gasteiger partial charge in [-0.15, -0.1) is 11.3 Å². The van der Waals surface area contributed by atoms with E-state index in [2.05, 4.69) is 47.4 Å². The van der Waals surface area contributed by atoms with Gasteiger partial charge in [-0.1, -0.05) is 48.5 Å². The quantitative estimate of drug-likeness (QED) is 0.556. The Morgan fingerprint density at radius 1 is 0.879 bits per heavy atom. The molecule has 3 heterocycles. The number of sulfonamides is 1. The third-order valence-corrected chi connectivity index (χ3v) is 10.1. The number of amides is 1. The van der Waals surface area contributed by atoms with Gasteiger partial charge in [0.1, 0.15) is 4.21 Å². The molecule has 0 aliphatic carbocycles. The highest BCUT2D eigenvalue weighted by atomic mass is 32.2. The number of hydrogen-bond donors (Lipinski definition) is 0. The topological polar surface area (TPSA) is 60.9 Å². The molecule has 2 saturated heterocycles. The number of nitrogens with zero attached hydrogens (tertiary/aromatic N) is 3. The van der Waals surface area contributed by atoms with Crippen molar-refractivity contribution in [1.29, 1.82) is 0 Å². The lowest BCUT2D eigenvalue weighted by Gasteiger charge is -2.38. The first kappa shape index (κ1) is 22.5. The first-order valence-electron chi connectivity index (χ1n) is 11.5. The number of rotatable bonds is 5. The normalized spacial score (nSPS) is 19.2. The van der Waals surface area contributed by atoms with Gasteiger partial charge in [-0.2, -0.15) is 4.31 Å². The molecule has 1 aromatic heterocycles. The molecule has 0 spiro atoms. The van der Waals surface area contributed by atoms with Gasteiger partial charge in [0, 0.05) is 51.7 Å². The Kier molecular flexibility index (Phi) is 6.51. The highest BCUT2D eigenvalue weighted by Crippen LogP contribution is 2.28. The van der Waals surface area contributed by atoms with E-state index in [1.165, 1.54) is 32.0 Å². The lowest BCUT2D eigenvalue weighted by molar-refractivity contribution is -0.138. The zero-order chi connectivity index (χ0) is 22.8. The van der Waals surface area contributed by atoms with Gasteiger partial charge in [-0.3, -0.25) is 9.69 Å². The van der Waals surface area contributed by atoms with Crippen LogP contribution in [0.25, 0.3) is 10.8 Å². The average molecular weight is 484 g/mol. The van der Waals surface area contributed by atoms with Crippen LogP contribution in [0.4, 0.5) is 0 Å². The largest absolute Gasteiger partial charge is 0.340 e.